The molecule has 80 valence electrons. The van der Waals surface area contributed by atoms with Crippen LogP contribution in [0.3, 0.4) is 0 Å². The quantitative estimate of drug-likeness (QED) is 0.724. The van der Waals surface area contributed by atoms with Crippen LogP contribution in [0.15, 0.2) is 0 Å². The maximum absolute atomic E-state index is 5.62. The fourth-order valence-electron chi connectivity index (χ4n) is 1.39. The Balaban J connectivity index is 0.00000144. The number of hydrogen-bond donors (Lipinski definition) is 2. The third kappa shape index (κ3) is 3.00. The molecule has 0 saturated carbocycles. The zero-order valence-electron chi connectivity index (χ0n) is 8.06. The molecule has 0 aromatic carbocycles. The molecule has 0 aromatic rings. The Bertz CT molecular complexity index is 145. The van der Waals surface area contributed by atoms with Gasteiger partial charge in [0.05, 0.1) is 0 Å². The van der Waals surface area contributed by atoms with Crippen LogP contribution in [0, 0.1) is 0 Å². The van der Waals surface area contributed by atoms with Crippen molar-refractivity contribution in [2.45, 2.75) is 38.3 Å². The second-order valence-electron chi connectivity index (χ2n) is 3.27. The Hall–Kier alpha value is 0.528. The molecule has 0 aromatic heterocycles. The minimum atomic E-state index is -0.478. The summed E-state index contributed by atoms with van der Waals surface area (Å²) >= 11 is 0. The average Bonchev–Trinajstić information content (AvgIpc) is 2.43. The van der Waals surface area contributed by atoms with Crippen LogP contribution in [0.25, 0.3) is 0 Å². The van der Waals surface area contributed by atoms with E-state index >= 15 is 0 Å². The van der Waals surface area contributed by atoms with E-state index in [4.69, 9.17) is 20.9 Å². The molecule has 0 spiro atoms. The molecule has 1 saturated heterocycles. The van der Waals surface area contributed by atoms with Crippen molar-refractivity contribution in [3.8, 4) is 0 Å². The molecule has 1 aliphatic rings. The molecule has 2 atom stereocenters. The van der Waals surface area contributed by atoms with Crippen molar-refractivity contribution in [1.29, 1.82) is 0 Å². The first-order valence-electron chi connectivity index (χ1n) is 4.41. The van der Waals surface area contributed by atoms with Crippen molar-refractivity contribution >= 4 is 0 Å². The number of hydrogen-bond acceptors (Lipinski definition) is 4. The molecule has 0 bridgehead atoms. The number of nitrogens with two attached hydrogens (primary N) is 2. The van der Waals surface area contributed by atoms with Crippen LogP contribution in [0.4, 0.5) is 0 Å². The zero-order valence-corrected chi connectivity index (χ0v) is 10.3. The Morgan fingerprint density at radius 3 is 1.77 bits per heavy atom. The van der Waals surface area contributed by atoms with Gasteiger partial charge >= 0.3 is 21.1 Å². The van der Waals surface area contributed by atoms with Gasteiger partial charge in [-0.05, 0) is 13.3 Å². The monoisotopic (exact) mass is 369 g/mol. The topological polar surface area (TPSA) is 70.5 Å². The molecule has 1 aliphatic heterocycles. The summed E-state index contributed by atoms with van der Waals surface area (Å²) in [4.78, 5) is 0. The van der Waals surface area contributed by atoms with E-state index in [-0.39, 0.29) is 33.3 Å². The summed E-state index contributed by atoms with van der Waals surface area (Å²) in [6.45, 7) is 4.88. The predicted octanol–water partition coefficient (Wildman–Crippen LogP) is -0.188. The SMILES string of the molecule is CCC1(C)O[C@H](CN)[C@@H](CN)O1.[Pt+2]. The van der Waals surface area contributed by atoms with Crippen molar-refractivity contribution in [2.24, 2.45) is 11.5 Å². The molecule has 4 N–H and O–H groups in total. The summed E-state index contributed by atoms with van der Waals surface area (Å²) in [5, 5.41) is 0. The first-order chi connectivity index (χ1) is 5.65. The molecule has 4 nitrogen and oxygen atoms in total. The molecular weight excluding hydrogens is 351 g/mol. The van der Waals surface area contributed by atoms with Crippen molar-refractivity contribution in [3.05, 3.63) is 0 Å². The van der Waals surface area contributed by atoms with E-state index in [1.165, 1.54) is 0 Å². The van der Waals surface area contributed by atoms with Gasteiger partial charge in [0.1, 0.15) is 12.2 Å². The average molecular weight is 369 g/mol. The van der Waals surface area contributed by atoms with Crippen molar-refractivity contribution in [3.63, 3.8) is 0 Å². The van der Waals surface area contributed by atoms with E-state index in [2.05, 4.69) is 0 Å². The van der Waals surface area contributed by atoms with E-state index < -0.39 is 5.79 Å². The van der Waals surface area contributed by atoms with Crippen molar-refractivity contribution in [1.82, 2.24) is 0 Å². The van der Waals surface area contributed by atoms with Gasteiger partial charge in [-0.15, -0.1) is 0 Å². The van der Waals surface area contributed by atoms with Crippen molar-refractivity contribution < 1.29 is 30.5 Å². The van der Waals surface area contributed by atoms with E-state index in [9.17, 15) is 0 Å². The Morgan fingerprint density at radius 1 is 1.15 bits per heavy atom. The predicted molar refractivity (Wildman–Crippen MR) is 46.6 cm³/mol. The molecule has 0 amide bonds. The van der Waals surface area contributed by atoms with Crippen LogP contribution in [0.1, 0.15) is 20.3 Å². The fraction of sp³-hybridized carbons (Fsp3) is 1.00. The summed E-state index contributed by atoms with van der Waals surface area (Å²) in [6.07, 6.45) is 0.736. The molecule has 1 heterocycles. The van der Waals surface area contributed by atoms with E-state index in [0.717, 1.165) is 6.42 Å². The minimum Gasteiger partial charge on any atom is -0.343 e. The molecule has 0 unspecified atom stereocenters. The largest absolute Gasteiger partial charge is 2.00 e. The fourth-order valence-corrected chi connectivity index (χ4v) is 1.39. The van der Waals surface area contributed by atoms with Crippen LogP contribution in [-0.2, 0) is 30.5 Å². The number of rotatable bonds is 3. The number of ether oxygens (including phenoxy) is 2. The summed E-state index contributed by atoms with van der Waals surface area (Å²) in [5.74, 6) is -0.478. The Kier molecular flexibility index (Phi) is 5.64. The second kappa shape index (κ2) is 5.42. The van der Waals surface area contributed by atoms with Gasteiger partial charge < -0.3 is 20.9 Å². The van der Waals surface area contributed by atoms with Crippen LogP contribution in [0.5, 0.6) is 0 Å². The first-order valence-corrected chi connectivity index (χ1v) is 4.41. The maximum Gasteiger partial charge on any atom is 2.00 e. The maximum atomic E-state index is 5.62. The summed E-state index contributed by atoms with van der Waals surface area (Å²) in [5.41, 5.74) is 11.0. The van der Waals surface area contributed by atoms with Gasteiger partial charge in [-0.2, -0.15) is 0 Å². The van der Waals surface area contributed by atoms with Gasteiger partial charge in [0.15, 0.2) is 5.79 Å². The van der Waals surface area contributed by atoms with E-state index in [1.54, 1.807) is 0 Å². The van der Waals surface area contributed by atoms with Gasteiger partial charge in [-0.25, -0.2) is 0 Å². The van der Waals surface area contributed by atoms with Gasteiger partial charge in [0.25, 0.3) is 0 Å². The Morgan fingerprint density at radius 2 is 1.54 bits per heavy atom. The molecule has 1 rings (SSSR count). The van der Waals surface area contributed by atoms with Crippen LogP contribution < -0.4 is 11.5 Å². The Labute approximate surface area is 93.6 Å². The van der Waals surface area contributed by atoms with E-state index in [0.29, 0.717) is 13.1 Å². The molecular formula is C8H18N2O2Pt+2. The van der Waals surface area contributed by atoms with Crippen LogP contribution >= 0.6 is 0 Å². The molecule has 13 heavy (non-hydrogen) atoms. The second-order valence-corrected chi connectivity index (χ2v) is 3.27. The van der Waals surface area contributed by atoms with Crippen LogP contribution in [-0.4, -0.2) is 31.1 Å². The normalized spacial score (nSPS) is 31.4. The van der Waals surface area contributed by atoms with Gasteiger partial charge in [-0.1, -0.05) is 6.92 Å². The molecule has 0 aliphatic carbocycles. The van der Waals surface area contributed by atoms with Crippen LogP contribution in [0.2, 0.25) is 0 Å². The standard InChI is InChI=1S/C8H18N2O2.Pt/c1-3-8(2)11-6(4-9)7(5-10)12-8;/h6-7H,3-5,9-10H2,1-2H3;/q;+2/t6-,7-;/m1./s1. The van der Waals surface area contributed by atoms with Gasteiger partial charge in [0.2, 0.25) is 0 Å². The summed E-state index contributed by atoms with van der Waals surface area (Å²) in [7, 11) is 0. The smallest absolute Gasteiger partial charge is 0.343 e. The third-order valence-electron chi connectivity index (χ3n) is 2.32. The van der Waals surface area contributed by atoms with Gasteiger partial charge in [-0.3, -0.25) is 0 Å². The molecule has 1 fully saturated rings. The molecule has 0 radical (unpaired) electrons. The van der Waals surface area contributed by atoms with E-state index in [1.807, 2.05) is 13.8 Å². The first kappa shape index (κ1) is 13.5. The summed E-state index contributed by atoms with van der Waals surface area (Å²) < 4.78 is 11.2. The minimum absolute atomic E-state index is 0. The zero-order chi connectivity index (χ0) is 9.19. The molecule has 5 heteroatoms. The van der Waals surface area contributed by atoms with Gasteiger partial charge in [0, 0.05) is 13.1 Å². The summed E-state index contributed by atoms with van der Waals surface area (Å²) in [6, 6.07) is 0. The van der Waals surface area contributed by atoms with Crippen molar-refractivity contribution in [2.75, 3.05) is 13.1 Å². The third-order valence-corrected chi connectivity index (χ3v) is 2.32.